The van der Waals surface area contributed by atoms with Crippen LogP contribution in [0, 0.1) is 0 Å². The third-order valence-corrected chi connectivity index (χ3v) is 6.10. The Labute approximate surface area is 192 Å². The fourth-order valence-corrected chi connectivity index (χ4v) is 4.44. The van der Waals surface area contributed by atoms with Crippen LogP contribution in [0.4, 0.5) is 5.69 Å². The summed E-state index contributed by atoms with van der Waals surface area (Å²) in [6.07, 6.45) is 3.92. The van der Waals surface area contributed by atoms with E-state index in [9.17, 15) is 4.79 Å². The molecule has 33 heavy (non-hydrogen) atoms. The number of hydrogen-bond donors (Lipinski definition) is 1. The highest BCUT2D eigenvalue weighted by Crippen LogP contribution is 2.29. The van der Waals surface area contributed by atoms with Gasteiger partial charge in [0.25, 0.3) is 5.91 Å². The van der Waals surface area contributed by atoms with Crippen LogP contribution in [0.15, 0.2) is 71.4 Å². The Morgan fingerprint density at radius 1 is 1.18 bits per heavy atom. The molecule has 2 aromatic carbocycles. The monoisotopic (exact) mass is 442 g/mol. The van der Waals surface area contributed by atoms with Crippen molar-refractivity contribution in [1.82, 2.24) is 15.0 Å². The number of para-hydroxylation sites is 2. The number of piperidine rings is 1. The third kappa shape index (κ3) is 4.73. The SMILES string of the molecule is COc1ccccc1NC(=O)c1cc(C2CCCN(Cc3ccc4ncccc4c3)C2)no1. The lowest BCUT2D eigenvalue weighted by molar-refractivity contribution is 0.0987. The van der Waals surface area contributed by atoms with Crippen LogP contribution in [-0.4, -0.2) is 41.1 Å². The second-order valence-electron chi connectivity index (χ2n) is 8.38. The highest BCUT2D eigenvalue weighted by atomic mass is 16.5. The number of likely N-dealkylation sites (tertiary alicyclic amines) is 1. The molecule has 1 atom stereocenters. The first-order valence-corrected chi connectivity index (χ1v) is 11.2. The number of ether oxygens (including phenoxy) is 1. The van der Waals surface area contributed by atoms with Gasteiger partial charge in [-0.15, -0.1) is 0 Å². The number of amides is 1. The van der Waals surface area contributed by atoms with Crippen molar-refractivity contribution in [2.45, 2.75) is 25.3 Å². The molecule has 0 bridgehead atoms. The van der Waals surface area contributed by atoms with Crippen LogP contribution in [0.1, 0.15) is 40.6 Å². The minimum atomic E-state index is -0.337. The molecule has 0 aliphatic carbocycles. The predicted molar refractivity (Wildman–Crippen MR) is 126 cm³/mol. The van der Waals surface area contributed by atoms with Crippen LogP contribution in [0.3, 0.4) is 0 Å². The molecule has 3 heterocycles. The van der Waals surface area contributed by atoms with Crippen LogP contribution in [0.2, 0.25) is 0 Å². The predicted octanol–water partition coefficient (Wildman–Crippen LogP) is 4.86. The smallest absolute Gasteiger partial charge is 0.294 e. The van der Waals surface area contributed by atoms with Crippen molar-refractivity contribution in [3.8, 4) is 5.75 Å². The fraction of sp³-hybridized carbons (Fsp3) is 0.269. The molecule has 1 unspecified atom stereocenters. The van der Waals surface area contributed by atoms with Crippen molar-refractivity contribution in [2.24, 2.45) is 0 Å². The molecule has 1 aliphatic rings. The Bertz CT molecular complexity index is 1270. The minimum absolute atomic E-state index is 0.204. The molecule has 1 amide bonds. The van der Waals surface area contributed by atoms with Gasteiger partial charge in [-0.2, -0.15) is 0 Å². The number of methoxy groups -OCH3 is 1. The highest BCUT2D eigenvalue weighted by Gasteiger charge is 2.26. The summed E-state index contributed by atoms with van der Waals surface area (Å²) < 4.78 is 10.7. The molecular formula is C26H26N4O3. The Morgan fingerprint density at radius 3 is 3.00 bits per heavy atom. The summed E-state index contributed by atoms with van der Waals surface area (Å²) in [6, 6.07) is 19.5. The highest BCUT2D eigenvalue weighted by molar-refractivity contribution is 6.03. The number of rotatable bonds is 6. The van der Waals surface area contributed by atoms with Gasteiger partial charge < -0.3 is 14.6 Å². The van der Waals surface area contributed by atoms with E-state index in [0.29, 0.717) is 11.4 Å². The fourth-order valence-electron chi connectivity index (χ4n) is 4.44. The van der Waals surface area contributed by atoms with Crippen molar-refractivity contribution in [1.29, 1.82) is 0 Å². The molecule has 0 radical (unpaired) electrons. The molecule has 0 spiro atoms. The number of hydrogen-bond acceptors (Lipinski definition) is 6. The summed E-state index contributed by atoms with van der Waals surface area (Å²) >= 11 is 0. The number of nitrogens with one attached hydrogen (secondary N) is 1. The summed E-state index contributed by atoms with van der Waals surface area (Å²) in [4.78, 5) is 19.5. The largest absolute Gasteiger partial charge is 0.495 e. The van der Waals surface area contributed by atoms with Crippen molar-refractivity contribution in [3.05, 3.63) is 83.9 Å². The summed E-state index contributed by atoms with van der Waals surface area (Å²) in [6.45, 7) is 2.80. The van der Waals surface area contributed by atoms with Crippen molar-refractivity contribution < 1.29 is 14.1 Å². The van der Waals surface area contributed by atoms with E-state index in [0.717, 1.165) is 49.1 Å². The number of fused-ring (bicyclic) bond motifs is 1. The Balaban J connectivity index is 1.24. The molecule has 1 fully saturated rings. The van der Waals surface area contributed by atoms with Crippen LogP contribution >= 0.6 is 0 Å². The van der Waals surface area contributed by atoms with E-state index in [-0.39, 0.29) is 17.6 Å². The summed E-state index contributed by atoms with van der Waals surface area (Å²) in [7, 11) is 1.57. The molecule has 168 valence electrons. The van der Waals surface area contributed by atoms with Gasteiger partial charge in [-0.3, -0.25) is 14.7 Å². The number of anilines is 1. The summed E-state index contributed by atoms with van der Waals surface area (Å²) in [5, 5.41) is 8.22. The lowest BCUT2D eigenvalue weighted by Gasteiger charge is -2.31. The zero-order valence-electron chi connectivity index (χ0n) is 18.5. The summed E-state index contributed by atoms with van der Waals surface area (Å²) in [5.74, 6) is 0.696. The van der Waals surface area contributed by atoms with Gasteiger partial charge in [0.05, 0.1) is 24.0 Å². The van der Waals surface area contributed by atoms with Crippen LogP contribution in [0.5, 0.6) is 5.75 Å². The van der Waals surface area contributed by atoms with E-state index in [2.05, 4.69) is 44.6 Å². The first-order valence-electron chi connectivity index (χ1n) is 11.2. The number of carbonyl (C=O) groups is 1. The Morgan fingerprint density at radius 2 is 2.09 bits per heavy atom. The topological polar surface area (TPSA) is 80.5 Å². The first kappa shape index (κ1) is 21.2. The molecule has 2 aromatic heterocycles. The van der Waals surface area contributed by atoms with Crippen LogP contribution < -0.4 is 10.1 Å². The number of benzene rings is 2. The van der Waals surface area contributed by atoms with Gasteiger partial charge in [-0.1, -0.05) is 29.4 Å². The molecule has 1 saturated heterocycles. The Hall–Kier alpha value is -3.71. The van der Waals surface area contributed by atoms with E-state index in [4.69, 9.17) is 9.26 Å². The second kappa shape index (κ2) is 9.42. The summed E-state index contributed by atoms with van der Waals surface area (Å²) in [5.41, 5.74) is 3.71. The third-order valence-electron chi connectivity index (χ3n) is 6.10. The quantitative estimate of drug-likeness (QED) is 0.459. The van der Waals surface area contributed by atoms with Gasteiger partial charge in [0, 0.05) is 36.7 Å². The van der Waals surface area contributed by atoms with Crippen molar-refractivity contribution >= 4 is 22.5 Å². The maximum Gasteiger partial charge on any atom is 0.294 e. The molecule has 5 rings (SSSR count). The van der Waals surface area contributed by atoms with Gasteiger partial charge in [-0.05, 0) is 55.3 Å². The van der Waals surface area contributed by atoms with E-state index in [1.54, 1.807) is 25.3 Å². The lowest BCUT2D eigenvalue weighted by atomic mass is 9.94. The molecule has 7 nitrogen and oxygen atoms in total. The number of carbonyl (C=O) groups excluding carboxylic acids is 1. The average Bonchev–Trinajstić information content (AvgIpc) is 3.35. The molecule has 4 aromatic rings. The number of nitrogens with zero attached hydrogens (tertiary/aromatic N) is 3. The normalized spacial score (nSPS) is 16.6. The van der Waals surface area contributed by atoms with E-state index in [1.165, 1.54) is 5.56 Å². The van der Waals surface area contributed by atoms with Crippen LogP contribution in [-0.2, 0) is 6.54 Å². The number of pyridine rings is 1. The zero-order valence-corrected chi connectivity index (χ0v) is 18.5. The average molecular weight is 443 g/mol. The van der Waals surface area contributed by atoms with Gasteiger partial charge in [0.2, 0.25) is 5.76 Å². The second-order valence-corrected chi connectivity index (χ2v) is 8.38. The molecule has 7 heteroatoms. The van der Waals surface area contributed by atoms with Gasteiger partial charge >= 0.3 is 0 Å². The maximum atomic E-state index is 12.7. The minimum Gasteiger partial charge on any atom is -0.495 e. The molecule has 1 aliphatic heterocycles. The number of aromatic nitrogens is 2. The van der Waals surface area contributed by atoms with Crippen molar-refractivity contribution in [3.63, 3.8) is 0 Å². The Kier molecular flexibility index (Phi) is 6.04. The van der Waals surface area contributed by atoms with E-state index in [1.807, 2.05) is 24.4 Å². The molecular weight excluding hydrogens is 416 g/mol. The standard InChI is InChI=1S/C26H26N4O3/c1-32-24-9-3-2-8-22(24)28-26(31)25-15-23(29-33-25)20-7-5-13-30(17-20)16-18-10-11-21-19(14-18)6-4-12-27-21/h2-4,6,8-12,14-15,20H,5,7,13,16-17H2,1H3,(H,28,31). The maximum absolute atomic E-state index is 12.7. The van der Waals surface area contributed by atoms with E-state index >= 15 is 0 Å². The zero-order chi connectivity index (χ0) is 22.6. The van der Waals surface area contributed by atoms with Gasteiger partial charge in [0.15, 0.2) is 0 Å². The first-order chi connectivity index (χ1) is 16.2. The van der Waals surface area contributed by atoms with E-state index < -0.39 is 0 Å². The molecule has 0 saturated carbocycles. The van der Waals surface area contributed by atoms with Crippen LogP contribution in [0.25, 0.3) is 10.9 Å². The lowest BCUT2D eigenvalue weighted by Crippen LogP contribution is -2.34. The van der Waals surface area contributed by atoms with Gasteiger partial charge in [0.1, 0.15) is 5.75 Å². The van der Waals surface area contributed by atoms with Gasteiger partial charge in [-0.25, -0.2) is 0 Å². The molecule has 1 N–H and O–H groups in total. The van der Waals surface area contributed by atoms with Crippen molar-refractivity contribution in [2.75, 3.05) is 25.5 Å².